The summed E-state index contributed by atoms with van der Waals surface area (Å²) in [6.07, 6.45) is 0. The molecular formula is C10H9ClN4O2. The number of aromatic amines is 1. The lowest BCUT2D eigenvalue weighted by molar-refractivity contribution is 0.102. The summed E-state index contributed by atoms with van der Waals surface area (Å²) < 4.78 is 0. The van der Waals surface area contributed by atoms with Gasteiger partial charge >= 0.3 is 0 Å². The van der Waals surface area contributed by atoms with Gasteiger partial charge in [0.1, 0.15) is 11.6 Å². The number of phenols is 1. The summed E-state index contributed by atoms with van der Waals surface area (Å²) in [5.74, 6) is 0.323. The number of amides is 1. The number of aromatic nitrogens is 3. The third-order valence-electron chi connectivity index (χ3n) is 2.03. The number of phenolic OH excluding ortho intramolecular Hbond substituents is 1. The van der Waals surface area contributed by atoms with Gasteiger partial charge in [-0.3, -0.25) is 15.2 Å². The molecule has 1 aromatic carbocycles. The van der Waals surface area contributed by atoms with E-state index >= 15 is 0 Å². The van der Waals surface area contributed by atoms with Gasteiger partial charge in [0.05, 0.1) is 5.02 Å². The molecule has 3 N–H and O–H groups in total. The highest BCUT2D eigenvalue weighted by Crippen LogP contribution is 2.23. The first-order valence-corrected chi connectivity index (χ1v) is 5.13. The molecule has 88 valence electrons. The van der Waals surface area contributed by atoms with Crippen LogP contribution in [0.1, 0.15) is 16.2 Å². The third kappa shape index (κ3) is 2.54. The second-order valence-corrected chi connectivity index (χ2v) is 3.77. The van der Waals surface area contributed by atoms with Gasteiger partial charge in [0.15, 0.2) is 0 Å². The molecule has 17 heavy (non-hydrogen) atoms. The van der Waals surface area contributed by atoms with Crippen LogP contribution < -0.4 is 5.32 Å². The highest BCUT2D eigenvalue weighted by Gasteiger charge is 2.10. The molecule has 0 fully saturated rings. The van der Waals surface area contributed by atoms with Crippen LogP contribution in [0.25, 0.3) is 0 Å². The number of nitrogens with zero attached hydrogens (tertiary/aromatic N) is 2. The smallest absolute Gasteiger partial charge is 0.258 e. The van der Waals surface area contributed by atoms with Crippen LogP contribution in [0.3, 0.4) is 0 Å². The standard InChI is InChI=1S/C10H9ClN4O2/c1-5-12-10(15-14-5)13-9(17)6-2-3-8(16)7(11)4-6/h2-4,16H,1H3,(H2,12,13,14,15,17). The largest absolute Gasteiger partial charge is 0.506 e. The summed E-state index contributed by atoms with van der Waals surface area (Å²) in [4.78, 5) is 15.7. The molecule has 2 aromatic rings. The topological polar surface area (TPSA) is 90.9 Å². The molecule has 6 nitrogen and oxygen atoms in total. The second-order valence-electron chi connectivity index (χ2n) is 3.36. The van der Waals surface area contributed by atoms with Crippen LogP contribution in [0.2, 0.25) is 5.02 Å². The molecule has 0 atom stereocenters. The zero-order valence-electron chi connectivity index (χ0n) is 8.86. The quantitative estimate of drug-likeness (QED) is 0.759. The number of nitrogens with one attached hydrogen (secondary N) is 2. The molecule has 1 amide bonds. The van der Waals surface area contributed by atoms with E-state index in [-0.39, 0.29) is 16.7 Å². The lowest BCUT2D eigenvalue weighted by Gasteiger charge is -2.02. The van der Waals surface area contributed by atoms with Crippen molar-refractivity contribution < 1.29 is 9.90 Å². The average molecular weight is 253 g/mol. The third-order valence-corrected chi connectivity index (χ3v) is 2.34. The Hall–Kier alpha value is -2.08. The van der Waals surface area contributed by atoms with E-state index in [0.717, 1.165) is 0 Å². The van der Waals surface area contributed by atoms with Gasteiger partial charge in [0, 0.05) is 5.56 Å². The van der Waals surface area contributed by atoms with Crippen molar-refractivity contribution in [3.05, 3.63) is 34.6 Å². The normalized spacial score (nSPS) is 10.2. The number of benzene rings is 1. The van der Waals surface area contributed by atoms with Gasteiger partial charge in [-0.2, -0.15) is 4.98 Å². The van der Waals surface area contributed by atoms with Gasteiger partial charge in [-0.05, 0) is 25.1 Å². The molecule has 0 bridgehead atoms. The molecule has 0 saturated carbocycles. The molecule has 7 heteroatoms. The predicted molar refractivity (Wildman–Crippen MR) is 62.2 cm³/mol. The van der Waals surface area contributed by atoms with Crippen molar-refractivity contribution in [2.45, 2.75) is 6.92 Å². The SMILES string of the molecule is Cc1nc(NC(=O)c2ccc(O)c(Cl)c2)n[nH]1. The number of H-pyrrole nitrogens is 1. The van der Waals surface area contributed by atoms with Gasteiger partial charge in [0.2, 0.25) is 5.95 Å². The van der Waals surface area contributed by atoms with Crippen LogP contribution in [-0.2, 0) is 0 Å². The zero-order valence-corrected chi connectivity index (χ0v) is 9.62. The molecule has 0 aliphatic heterocycles. The van der Waals surface area contributed by atoms with Crippen molar-refractivity contribution in [3.63, 3.8) is 0 Å². The fraction of sp³-hybridized carbons (Fsp3) is 0.100. The van der Waals surface area contributed by atoms with Crippen molar-refractivity contribution in [3.8, 4) is 5.75 Å². The number of aryl methyl sites for hydroxylation is 1. The van der Waals surface area contributed by atoms with Crippen molar-refractivity contribution in [2.24, 2.45) is 0 Å². The van der Waals surface area contributed by atoms with E-state index in [0.29, 0.717) is 11.4 Å². The van der Waals surface area contributed by atoms with Crippen LogP contribution in [0, 0.1) is 6.92 Å². The van der Waals surface area contributed by atoms with Crippen molar-refractivity contribution in [1.82, 2.24) is 15.2 Å². The average Bonchev–Trinajstić information content (AvgIpc) is 2.68. The molecule has 1 heterocycles. The van der Waals surface area contributed by atoms with Crippen LogP contribution in [0.5, 0.6) is 5.75 Å². The lowest BCUT2D eigenvalue weighted by atomic mass is 10.2. The van der Waals surface area contributed by atoms with Crippen molar-refractivity contribution in [1.29, 1.82) is 0 Å². The van der Waals surface area contributed by atoms with Gasteiger partial charge in [-0.25, -0.2) is 0 Å². The zero-order chi connectivity index (χ0) is 12.4. The predicted octanol–water partition coefficient (Wildman–Crippen LogP) is 1.72. The Morgan fingerprint density at radius 3 is 2.88 bits per heavy atom. The number of carbonyl (C=O) groups excluding carboxylic acids is 1. The Labute approximate surface area is 102 Å². The van der Waals surface area contributed by atoms with Crippen molar-refractivity contribution >= 4 is 23.5 Å². The van der Waals surface area contributed by atoms with Crippen LogP contribution in [-0.4, -0.2) is 26.2 Å². The molecule has 1 aromatic heterocycles. The number of aromatic hydroxyl groups is 1. The van der Waals surface area contributed by atoms with E-state index in [4.69, 9.17) is 11.6 Å². The summed E-state index contributed by atoms with van der Waals surface area (Å²) in [7, 11) is 0. The monoisotopic (exact) mass is 252 g/mol. The minimum absolute atomic E-state index is 0.0723. The fourth-order valence-electron chi connectivity index (χ4n) is 1.22. The van der Waals surface area contributed by atoms with Gasteiger partial charge in [-0.15, -0.1) is 5.10 Å². The summed E-state index contributed by atoms with van der Waals surface area (Å²) in [6, 6.07) is 4.17. The Bertz CT molecular complexity index is 567. The highest BCUT2D eigenvalue weighted by molar-refractivity contribution is 6.32. The number of carbonyl (C=O) groups is 1. The van der Waals surface area contributed by atoms with E-state index < -0.39 is 5.91 Å². The van der Waals surface area contributed by atoms with Gasteiger partial charge in [0.25, 0.3) is 5.91 Å². The van der Waals surface area contributed by atoms with E-state index in [2.05, 4.69) is 20.5 Å². The molecular weight excluding hydrogens is 244 g/mol. The van der Waals surface area contributed by atoms with Gasteiger partial charge in [-0.1, -0.05) is 11.6 Å². The van der Waals surface area contributed by atoms with Gasteiger partial charge < -0.3 is 5.11 Å². The van der Waals surface area contributed by atoms with E-state index in [1.54, 1.807) is 6.92 Å². The van der Waals surface area contributed by atoms with Crippen LogP contribution >= 0.6 is 11.6 Å². The molecule has 0 aliphatic carbocycles. The number of rotatable bonds is 2. The fourth-order valence-corrected chi connectivity index (χ4v) is 1.40. The maximum Gasteiger partial charge on any atom is 0.258 e. The van der Waals surface area contributed by atoms with E-state index in [1.165, 1.54) is 18.2 Å². The number of hydrogen-bond donors (Lipinski definition) is 3. The lowest BCUT2D eigenvalue weighted by Crippen LogP contribution is -2.12. The first-order chi connectivity index (χ1) is 8.06. The minimum atomic E-state index is -0.397. The Kier molecular flexibility index (Phi) is 2.97. The molecule has 0 aliphatic rings. The first-order valence-electron chi connectivity index (χ1n) is 4.75. The molecule has 0 saturated heterocycles. The van der Waals surface area contributed by atoms with Crippen molar-refractivity contribution in [2.75, 3.05) is 5.32 Å². The van der Waals surface area contributed by atoms with E-state index in [1.807, 2.05) is 0 Å². The minimum Gasteiger partial charge on any atom is -0.506 e. The molecule has 2 rings (SSSR count). The van der Waals surface area contributed by atoms with Crippen LogP contribution in [0.4, 0.5) is 5.95 Å². The summed E-state index contributed by atoms with van der Waals surface area (Å²) in [5.41, 5.74) is 0.315. The Balaban J connectivity index is 2.17. The Morgan fingerprint density at radius 2 is 2.29 bits per heavy atom. The first kappa shape index (κ1) is 11.4. The summed E-state index contributed by atoms with van der Waals surface area (Å²) in [6.45, 7) is 1.72. The molecule has 0 unspecified atom stereocenters. The maximum atomic E-state index is 11.7. The second kappa shape index (κ2) is 4.42. The Morgan fingerprint density at radius 1 is 1.53 bits per heavy atom. The van der Waals surface area contributed by atoms with Crippen LogP contribution in [0.15, 0.2) is 18.2 Å². The summed E-state index contributed by atoms with van der Waals surface area (Å²) in [5, 5.41) is 18.2. The summed E-state index contributed by atoms with van der Waals surface area (Å²) >= 11 is 5.70. The number of anilines is 1. The van der Waals surface area contributed by atoms with E-state index in [9.17, 15) is 9.90 Å². The number of hydrogen-bond acceptors (Lipinski definition) is 4. The molecule has 0 spiro atoms. The number of halogens is 1. The maximum absolute atomic E-state index is 11.7. The molecule has 0 radical (unpaired) electrons. The highest BCUT2D eigenvalue weighted by atomic mass is 35.5.